The van der Waals surface area contributed by atoms with Crippen molar-refractivity contribution in [1.29, 1.82) is 0 Å². The van der Waals surface area contributed by atoms with Crippen molar-refractivity contribution in [2.45, 2.75) is 17.9 Å². The van der Waals surface area contributed by atoms with Gasteiger partial charge in [-0.2, -0.15) is 0 Å². The molecule has 0 saturated heterocycles. The number of rotatable bonds is 7. The van der Waals surface area contributed by atoms with Crippen LogP contribution in [0, 0.1) is 0 Å². The van der Waals surface area contributed by atoms with Gasteiger partial charge in [-0.25, -0.2) is 17.9 Å². The number of carbonyl (C=O) groups is 2. The summed E-state index contributed by atoms with van der Waals surface area (Å²) >= 11 is 0. The lowest BCUT2D eigenvalue weighted by atomic mass is 10.1. The molecule has 1 amide bonds. The maximum atomic E-state index is 12.6. The zero-order chi connectivity index (χ0) is 20.0. The molecule has 2 rings (SSSR count). The first-order valence-electron chi connectivity index (χ1n) is 8.25. The average Bonchev–Trinajstić information content (AvgIpc) is 2.66. The van der Waals surface area contributed by atoms with Crippen LogP contribution in [-0.2, 0) is 19.6 Å². The van der Waals surface area contributed by atoms with E-state index >= 15 is 0 Å². The molecule has 2 aromatic carbocycles. The van der Waals surface area contributed by atoms with Crippen molar-refractivity contribution in [3.05, 3.63) is 65.7 Å². The number of esters is 1. The fraction of sp³-hybridized carbons (Fsp3) is 0.263. The topological polar surface area (TPSA) is 92.8 Å². The van der Waals surface area contributed by atoms with Crippen LogP contribution in [0.25, 0.3) is 0 Å². The van der Waals surface area contributed by atoms with Gasteiger partial charge in [-0.3, -0.25) is 4.79 Å². The van der Waals surface area contributed by atoms with Gasteiger partial charge in [0.25, 0.3) is 5.91 Å². The van der Waals surface area contributed by atoms with Crippen molar-refractivity contribution in [3.8, 4) is 0 Å². The molecule has 27 heavy (non-hydrogen) atoms. The van der Waals surface area contributed by atoms with E-state index in [4.69, 9.17) is 4.74 Å². The second-order valence-corrected chi connectivity index (χ2v) is 7.86. The molecule has 8 heteroatoms. The molecule has 144 valence electrons. The van der Waals surface area contributed by atoms with Gasteiger partial charge in [0.1, 0.15) is 0 Å². The Morgan fingerprint density at radius 3 is 2.37 bits per heavy atom. The van der Waals surface area contributed by atoms with E-state index < -0.39 is 28.6 Å². The number of ether oxygens (including phenoxy) is 1. The molecule has 0 aliphatic heterocycles. The number of sulfonamides is 1. The number of likely N-dealkylation sites (N-methyl/N-ethyl adjacent to an activating group) is 1. The number of nitrogens with zero attached hydrogens (tertiary/aromatic N) is 1. The largest absolute Gasteiger partial charge is 0.452 e. The van der Waals surface area contributed by atoms with Gasteiger partial charge < -0.3 is 9.64 Å². The number of hydrogen-bond acceptors (Lipinski definition) is 5. The third-order valence-electron chi connectivity index (χ3n) is 3.84. The molecule has 0 bridgehead atoms. The van der Waals surface area contributed by atoms with E-state index in [-0.39, 0.29) is 16.4 Å². The molecule has 0 radical (unpaired) electrons. The minimum Gasteiger partial charge on any atom is -0.452 e. The molecule has 0 aliphatic carbocycles. The predicted octanol–water partition coefficient (Wildman–Crippen LogP) is 1.97. The minimum atomic E-state index is -3.84. The summed E-state index contributed by atoms with van der Waals surface area (Å²) in [4.78, 5) is 24.8. The van der Waals surface area contributed by atoms with Crippen LogP contribution < -0.4 is 4.72 Å². The SMILES string of the molecule is C[C@@H](NS(=O)(=O)c1cccc(C(=O)OCC(=O)N(C)C)c1)c1ccccc1. The van der Waals surface area contributed by atoms with Crippen molar-refractivity contribution in [2.75, 3.05) is 20.7 Å². The fourth-order valence-electron chi connectivity index (χ4n) is 2.24. The normalized spacial score (nSPS) is 12.3. The summed E-state index contributed by atoms with van der Waals surface area (Å²) in [6.07, 6.45) is 0. The summed E-state index contributed by atoms with van der Waals surface area (Å²) < 4.78 is 32.7. The Kier molecular flexibility index (Phi) is 6.70. The average molecular weight is 390 g/mol. The standard InChI is InChI=1S/C19H22N2O5S/c1-14(15-8-5-4-6-9-15)20-27(24,25)17-11-7-10-16(12-17)19(23)26-13-18(22)21(2)3/h4-12,14,20H,13H2,1-3H3/t14-/m1/s1. The fourth-order valence-corrected chi connectivity index (χ4v) is 3.52. The highest BCUT2D eigenvalue weighted by molar-refractivity contribution is 7.89. The lowest BCUT2D eigenvalue weighted by Gasteiger charge is -2.15. The Balaban J connectivity index is 2.13. The van der Waals surface area contributed by atoms with Crippen LogP contribution in [-0.4, -0.2) is 45.9 Å². The quantitative estimate of drug-likeness (QED) is 0.730. The lowest BCUT2D eigenvalue weighted by Crippen LogP contribution is -2.28. The number of amides is 1. The molecule has 1 atom stereocenters. The van der Waals surface area contributed by atoms with E-state index in [0.717, 1.165) is 5.56 Å². The number of benzene rings is 2. The van der Waals surface area contributed by atoms with Crippen molar-refractivity contribution < 1.29 is 22.7 Å². The second-order valence-electron chi connectivity index (χ2n) is 6.15. The zero-order valence-electron chi connectivity index (χ0n) is 15.4. The molecule has 0 fully saturated rings. The molecule has 2 aromatic rings. The molecule has 0 unspecified atom stereocenters. The molecular formula is C19H22N2O5S. The van der Waals surface area contributed by atoms with Gasteiger partial charge in [0, 0.05) is 20.1 Å². The van der Waals surface area contributed by atoms with Crippen LogP contribution >= 0.6 is 0 Å². The van der Waals surface area contributed by atoms with E-state index in [1.807, 2.05) is 30.3 Å². The third-order valence-corrected chi connectivity index (χ3v) is 5.38. The summed E-state index contributed by atoms with van der Waals surface area (Å²) in [6.45, 7) is 1.32. The Bertz CT molecular complexity index is 911. The Hall–Kier alpha value is -2.71. The Morgan fingerprint density at radius 1 is 1.07 bits per heavy atom. The van der Waals surface area contributed by atoms with Gasteiger partial charge in [-0.1, -0.05) is 36.4 Å². The Labute approximate surface area is 159 Å². The Morgan fingerprint density at radius 2 is 1.74 bits per heavy atom. The van der Waals surface area contributed by atoms with Gasteiger partial charge in [-0.15, -0.1) is 0 Å². The highest BCUT2D eigenvalue weighted by Crippen LogP contribution is 2.18. The number of hydrogen-bond donors (Lipinski definition) is 1. The predicted molar refractivity (Wildman–Crippen MR) is 101 cm³/mol. The summed E-state index contributed by atoms with van der Waals surface area (Å²) in [7, 11) is -0.752. The van der Waals surface area contributed by atoms with Gasteiger partial charge in [0.05, 0.1) is 10.5 Å². The first-order chi connectivity index (χ1) is 12.7. The summed E-state index contributed by atoms with van der Waals surface area (Å²) in [5, 5.41) is 0. The molecule has 0 spiro atoms. The summed E-state index contributed by atoms with van der Waals surface area (Å²) in [6, 6.07) is 14.2. The number of carbonyl (C=O) groups excluding carboxylic acids is 2. The van der Waals surface area contributed by atoms with E-state index in [9.17, 15) is 18.0 Å². The molecule has 0 saturated carbocycles. The van der Waals surface area contributed by atoms with Crippen LogP contribution in [0.1, 0.15) is 28.9 Å². The van der Waals surface area contributed by atoms with E-state index in [1.54, 1.807) is 21.0 Å². The van der Waals surface area contributed by atoms with Crippen molar-refractivity contribution in [2.24, 2.45) is 0 Å². The molecule has 1 N–H and O–H groups in total. The van der Waals surface area contributed by atoms with Gasteiger partial charge in [-0.05, 0) is 30.7 Å². The smallest absolute Gasteiger partial charge is 0.338 e. The third kappa shape index (κ3) is 5.63. The maximum Gasteiger partial charge on any atom is 0.338 e. The highest BCUT2D eigenvalue weighted by Gasteiger charge is 2.20. The molecule has 0 aliphatic rings. The van der Waals surface area contributed by atoms with Crippen LogP contribution in [0.5, 0.6) is 0 Å². The van der Waals surface area contributed by atoms with E-state index in [0.29, 0.717) is 0 Å². The van der Waals surface area contributed by atoms with Crippen LogP contribution in [0.2, 0.25) is 0 Å². The van der Waals surface area contributed by atoms with Crippen LogP contribution in [0.15, 0.2) is 59.5 Å². The lowest BCUT2D eigenvalue weighted by molar-refractivity contribution is -0.131. The van der Waals surface area contributed by atoms with E-state index in [1.165, 1.54) is 29.2 Å². The summed E-state index contributed by atoms with van der Waals surface area (Å²) in [5.74, 6) is -1.14. The highest BCUT2D eigenvalue weighted by atomic mass is 32.2. The minimum absolute atomic E-state index is 0.0526. The van der Waals surface area contributed by atoms with Gasteiger partial charge in [0.2, 0.25) is 10.0 Å². The maximum absolute atomic E-state index is 12.6. The van der Waals surface area contributed by atoms with Gasteiger partial charge in [0.15, 0.2) is 6.61 Å². The monoisotopic (exact) mass is 390 g/mol. The van der Waals surface area contributed by atoms with Crippen LogP contribution in [0.3, 0.4) is 0 Å². The van der Waals surface area contributed by atoms with Crippen molar-refractivity contribution >= 4 is 21.9 Å². The molecule has 0 heterocycles. The first-order valence-corrected chi connectivity index (χ1v) is 9.73. The zero-order valence-corrected chi connectivity index (χ0v) is 16.2. The van der Waals surface area contributed by atoms with Crippen molar-refractivity contribution in [1.82, 2.24) is 9.62 Å². The molecule has 7 nitrogen and oxygen atoms in total. The summed E-state index contributed by atoms with van der Waals surface area (Å²) in [5.41, 5.74) is 0.871. The van der Waals surface area contributed by atoms with Crippen molar-refractivity contribution in [3.63, 3.8) is 0 Å². The van der Waals surface area contributed by atoms with Gasteiger partial charge >= 0.3 is 5.97 Å². The molecule has 0 aromatic heterocycles. The molecular weight excluding hydrogens is 368 g/mol. The number of nitrogens with one attached hydrogen (secondary N) is 1. The second kappa shape index (κ2) is 8.79. The first kappa shape index (κ1) is 20.6. The van der Waals surface area contributed by atoms with Crippen LogP contribution in [0.4, 0.5) is 0 Å². The van der Waals surface area contributed by atoms with E-state index in [2.05, 4.69) is 4.72 Å².